The normalized spacial score (nSPS) is 15.6. The van der Waals surface area contributed by atoms with Crippen LogP contribution < -0.4 is 10.1 Å². The van der Waals surface area contributed by atoms with Gasteiger partial charge < -0.3 is 20.3 Å². The third-order valence-corrected chi connectivity index (χ3v) is 7.06. The fraction of sp³-hybridized carbons (Fsp3) is 0.194. The van der Waals surface area contributed by atoms with Crippen LogP contribution >= 0.6 is 11.6 Å². The van der Waals surface area contributed by atoms with E-state index in [9.17, 15) is 15.0 Å². The molecular formula is C31H28ClNO4. The summed E-state index contributed by atoms with van der Waals surface area (Å²) >= 11 is 5.96. The zero-order valence-electron chi connectivity index (χ0n) is 20.2. The summed E-state index contributed by atoms with van der Waals surface area (Å²) in [4.78, 5) is 11.8. The number of aliphatic hydroxyl groups excluding tert-OH is 1. The van der Waals surface area contributed by atoms with E-state index in [0.29, 0.717) is 23.1 Å². The quantitative estimate of drug-likeness (QED) is 0.245. The SMILES string of the molecule is O=C(O)c1ccc(-c2ccc3c(c2)C[C@@H](NC[C@@H](O)c2ccc(Cl)cc2)CC3)cc1Oc1ccccc1. The van der Waals surface area contributed by atoms with Crippen LogP contribution in [0.4, 0.5) is 0 Å². The maximum Gasteiger partial charge on any atom is 0.339 e. The highest BCUT2D eigenvalue weighted by Gasteiger charge is 2.21. The zero-order chi connectivity index (χ0) is 25.8. The second-order valence-corrected chi connectivity index (χ2v) is 9.77. The predicted molar refractivity (Wildman–Crippen MR) is 146 cm³/mol. The van der Waals surface area contributed by atoms with E-state index in [4.69, 9.17) is 16.3 Å². The molecule has 37 heavy (non-hydrogen) atoms. The number of fused-ring (bicyclic) bond motifs is 1. The van der Waals surface area contributed by atoms with Crippen molar-refractivity contribution < 1.29 is 19.7 Å². The number of carboxylic acids is 1. The molecule has 0 spiro atoms. The van der Waals surface area contributed by atoms with E-state index in [1.54, 1.807) is 36.4 Å². The van der Waals surface area contributed by atoms with E-state index in [2.05, 4.69) is 23.5 Å². The van der Waals surface area contributed by atoms with Gasteiger partial charge in [-0.2, -0.15) is 0 Å². The molecular weight excluding hydrogens is 486 g/mol. The molecule has 0 heterocycles. The second-order valence-electron chi connectivity index (χ2n) is 9.33. The lowest BCUT2D eigenvalue weighted by Crippen LogP contribution is -2.37. The number of benzene rings is 4. The Labute approximate surface area is 221 Å². The molecule has 0 bridgehead atoms. The maximum absolute atomic E-state index is 11.8. The van der Waals surface area contributed by atoms with E-state index in [-0.39, 0.29) is 11.6 Å². The van der Waals surface area contributed by atoms with Crippen LogP contribution in [0.3, 0.4) is 0 Å². The number of hydrogen-bond donors (Lipinski definition) is 3. The van der Waals surface area contributed by atoms with E-state index in [1.807, 2.05) is 36.4 Å². The molecule has 188 valence electrons. The lowest BCUT2D eigenvalue weighted by Gasteiger charge is -2.27. The number of carbonyl (C=O) groups is 1. The summed E-state index contributed by atoms with van der Waals surface area (Å²) in [5, 5.41) is 24.4. The van der Waals surface area contributed by atoms with Crippen LogP contribution in [0.25, 0.3) is 11.1 Å². The molecule has 0 amide bonds. The smallest absolute Gasteiger partial charge is 0.339 e. The molecule has 5 rings (SSSR count). The van der Waals surface area contributed by atoms with Gasteiger partial charge in [-0.1, -0.05) is 66.2 Å². The van der Waals surface area contributed by atoms with Crippen molar-refractivity contribution in [2.75, 3.05) is 6.54 Å². The molecule has 0 aliphatic heterocycles. The summed E-state index contributed by atoms with van der Waals surface area (Å²) in [5.41, 5.74) is 5.45. The van der Waals surface area contributed by atoms with Gasteiger partial charge in [-0.15, -0.1) is 0 Å². The monoisotopic (exact) mass is 513 g/mol. The van der Waals surface area contributed by atoms with Crippen molar-refractivity contribution in [2.45, 2.75) is 31.4 Å². The van der Waals surface area contributed by atoms with Gasteiger partial charge in [0, 0.05) is 17.6 Å². The van der Waals surface area contributed by atoms with Crippen molar-refractivity contribution in [3.63, 3.8) is 0 Å². The van der Waals surface area contributed by atoms with Crippen LogP contribution in [-0.4, -0.2) is 28.8 Å². The minimum Gasteiger partial charge on any atom is -0.478 e. The molecule has 2 atom stereocenters. The number of halogens is 1. The number of aromatic carboxylic acids is 1. The molecule has 0 saturated carbocycles. The van der Waals surface area contributed by atoms with Gasteiger partial charge in [-0.05, 0) is 83.5 Å². The Morgan fingerprint density at radius 2 is 1.68 bits per heavy atom. The summed E-state index contributed by atoms with van der Waals surface area (Å²) in [5.74, 6) is -0.135. The Balaban J connectivity index is 1.32. The van der Waals surface area contributed by atoms with Crippen LogP contribution in [0.15, 0.2) is 91.0 Å². The number of para-hydroxylation sites is 1. The molecule has 0 saturated heterocycles. The number of hydrogen-bond acceptors (Lipinski definition) is 4. The first-order valence-corrected chi connectivity index (χ1v) is 12.7. The Morgan fingerprint density at radius 1 is 0.946 bits per heavy atom. The van der Waals surface area contributed by atoms with Crippen molar-refractivity contribution in [1.29, 1.82) is 0 Å². The van der Waals surface area contributed by atoms with Crippen LogP contribution in [0.5, 0.6) is 11.5 Å². The lowest BCUT2D eigenvalue weighted by atomic mass is 9.86. The fourth-order valence-corrected chi connectivity index (χ4v) is 4.90. The van der Waals surface area contributed by atoms with Gasteiger partial charge in [0.05, 0.1) is 6.10 Å². The Kier molecular flexibility index (Phi) is 7.56. The number of carboxylic acid groups (broad SMARTS) is 1. The van der Waals surface area contributed by atoms with Gasteiger partial charge in [0.25, 0.3) is 0 Å². The van der Waals surface area contributed by atoms with Crippen LogP contribution in [-0.2, 0) is 12.8 Å². The average Bonchev–Trinajstić information content (AvgIpc) is 2.92. The Bertz CT molecular complexity index is 1390. The van der Waals surface area contributed by atoms with Gasteiger partial charge in [-0.25, -0.2) is 4.79 Å². The molecule has 5 nitrogen and oxygen atoms in total. The summed E-state index contributed by atoms with van der Waals surface area (Å²) in [6.07, 6.45) is 2.23. The molecule has 0 radical (unpaired) electrons. The van der Waals surface area contributed by atoms with Crippen molar-refractivity contribution >= 4 is 17.6 Å². The van der Waals surface area contributed by atoms with Gasteiger partial charge >= 0.3 is 5.97 Å². The molecule has 0 aromatic heterocycles. The molecule has 1 aliphatic carbocycles. The predicted octanol–water partition coefficient (Wildman–Crippen LogP) is 6.68. The Hall–Kier alpha value is -3.64. The molecule has 3 N–H and O–H groups in total. The summed E-state index contributed by atoms with van der Waals surface area (Å²) < 4.78 is 5.94. The number of nitrogens with one attached hydrogen (secondary N) is 1. The maximum atomic E-state index is 11.8. The molecule has 1 aliphatic rings. The van der Waals surface area contributed by atoms with E-state index in [0.717, 1.165) is 36.0 Å². The first-order valence-electron chi connectivity index (χ1n) is 12.4. The van der Waals surface area contributed by atoms with E-state index >= 15 is 0 Å². The third-order valence-electron chi connectivity index (χ3n) is 6.81. The van der Waals surface area contributed by atoms with E-state index in [1.165, 1.54) is 11.1 Å². The summed E-state index contributed by atoms with van der Waals surface area (Å²) in [6, 6.07) is 28.4. The first kappa shape index (κ1) is 25.0. The average molecular weight is 514 g/mol. The van der Waals surface area contributed by atoms with Gasteiger partial charge in [0.15, 0.2) is 0 Å². The summed E-state index contributed by atoms with van der Waals surface area (Å²) in [6.45, 7) is 0.470. The van der Waals surface area contributed by atoms with E-state index < -0.39 is 12.1 Å². The highest BCUT2D eigenvalue weighted by atomic mass is 35.5. The minimum atomic E-state index is -1.03. The third kappa shape index (κ3) is 6.03. The van der Waals surface area contributed by atoms with Crippen molar-refractivity contribution in [2.24, 2.45) is 0 Å². The fourth-order valence-electron chi connectivity index (χ4n) is 4.77. The second kappa shape index (κ2) is 11.2. The van der Waals surface area contributed by atoms with Crippen molar-refractivity contribution in [3.05, 3.63) is 118 Å². The molecule has 0 unspecified atom stereocenters. The summed E-state index contributed by atoms with van der Waals surface area (Å²) in [7, 11) is 0. The van der Waals surface area contributed by atoms with Crippen LogP contribution in [0, 0.1) is 0 Å². The topological polar surface area (TPSA) is 78.8 Å². The minimum absolute atomic E-state index is 0.120. The highest BCUT2D eigenvalue weighted by Crippen LogP contribution is 2.33. The number of aryl methyl sites for hydroxylation is 1. The molecule has 6 heteroatoms. The Morgan fingerprint density at radius 3 is 2.43 bits per heavy atom. The zero-order valence-corrected chi connectivity index (χ0v) is 21.0. The van der Waals surface area contributed by atoms with Gasteiger partial charge in [0.2, 0.25) is 0 Å². The highest BCUT2D eigenvalue weighted by molar-refractivity contribution is 6.30. The number of rotatable bonds is 8. The van der Waals surface area contributed by atoms with Gasteiger partial charge in [0.1, 0.15) is 17.1 Å². The standard InChI is InChI=1S/C31H28ClNO4/c32-25-12-8-21(9-13-25)29(34)19-33-26-14-10-20-6-7-22(16-24(20)17-26)23-11-15-28(31(35)36)30(18-23)37-27-4-2-1-3-5-27/h1-9,11-13,15-16,18,26,29,33-34H,10,14,17,19H2,(H,35,36)/t26-,29+/m0/s1. The van der Waals surface area contributed by atoms with Crippen LogP contribution in [0.2, 0.25) is 5.02 Å². The van der Waals surface area contributed by atoms with Gasteiger partial charge in [-0.3, -0.25) is 0 Å². The number of aliphatic hydroxyl groups is 1. The van der Waals surface area contributed by atoms with Crippen molar-refractivity contribution in [1.82, 2.24) is 5.32 Å². The van der Waals surface area contributed by atoms with Crippen molar-refractivity contribution in [3.8, 4) is 22.6 Å². The molecule has 4 aromatic carbocycles. The lowest BCUT2D eigenvalue weighted by molar-refractivity contribution is 0.0694. The molecule has 0 fully saturated rings. The van der Waals surface area contributed by atoms with Crippen LogP contribution in [0.1, 0.15) is 39.6 Å². The first-order chi connectivity index (χ1) is 18.0. The largest absolute Gasteiger partial charge is 0.478 e. The number of ether oxygens (including phenoxy) is 1. The molecule has 4 aromatic rings.